The molecule has 21 heavy (non-hydrogen) atoms. The Labute approximate surface area is 131 Å². The molecule has 0 heterocycles. The fourth-order valence-corrected chi connectivity index (χ4v) is 3.63. The lowest BCUT2D eigenvalue weighted by molar-refractivity contribution is 0.372. The van der Waals surface area contributed by atoms with Gasteiger partial charge in [-0.3, -0.25) is 0 Å². The van der Waals surface area contributed by atoms with Gasteiger partial charge in [0.15, 0.2) is 0 Å². The molecule has 114 valence electrons. The van der Waals surface area contributed by atoms with E-state index in [9.17, 15) is 4.79 Å². The fraction of sp³-hybridized carbons (Fsp3) is 0.588. The average molecular weight is 308 g/mol. The van der Waals surface area contributed by atoms with Gasteiger partial charge in [-0.2, -0.15) is 4.99 Å². The Morgan fingerprint density at radius 2 is 2.00 bits per heavy atom. The number of benzene rings is 1. The molecule has 0 saturated heterocycles. The topological polar surface area (TPSA) is 38.7 Å². The predicted octanol–water partition coefficient (Wildman–Crippen LogP) is 4.89. The third kappa shape index (κ3) is 2.73. The van der Waals surface area contributed by atoms with Crippen LogP contribution in [0.5, 0.6) is 5.75 Å². The summed E-state index contributed by atoms with van der Waals surface area (Å²) in [5.74, 6) is 1.11. The lowest BCUT2D eigenvalue weighted by Crippen LogP contribution is -2.22. The number of carbonyl (C=O) groups excluding carboxylic acids is 1. The van der Waals surface area contributed by atoms with Crippen LogP contribution in [0.3, 0.4) is 0 Å². The van der Waals surface area contributed by atoms with Gasteiger partial charge in [0.1, 0.15) is 11.3 Å². The second-order valence-corrected chi connectivity index (χ2v) is 6.48. The van der Waals surface area contributed by atoms with Gasteiger partial charge in [-0.15, -0.1) is 0 Å². The lowest BCUT2D eigenvalue weighted by Gasteiger charge is -2.29. The Morgan fingerprint density at radius 3 is 2.48 bits per heavy atom. The molecule has 2 rings (SSSR count). The number of ether oxygens (including phenoxy) is 1. The Balaban J connectivity index is 2.79. The Morgan fingerprint density at radius 1 is 1.38 bits per heavy atom. The molecule has 0 N–H and O–H groups in total. The van der Waals surface area contributed by atoms with Crippen LogP contribution in [0.25, 0.3) is 0 Å². The maximum absolute atomic E-state index is 11.0. The zero-order chi connectivity index (χ0) is 15.6. The molecule has 1 aliphatic carbocycles. The third-order valence-electron chi connectivity index (χ3n) is 4.49. The largest absolute Gasteiger partial charge is 0.496 e. The number of halogens is 1. The number of hydrogen-bond donors (Lipinski definition) is 0. The van der Waals surface area contributed by atoms with Crippen molar-refractivity contribution < 1.29 is 9.53 Å². The van der Waals surface area contributed by atoms with E-state index in [1.807, 2.05) is 13.0 Å². The second-order valence-electron chi connectivity index (χ2n) is 6.08. The molecule has 0 atom stereocenters. The first-order valence-electron chi connectivity index (χ1n) is 7.43. The molecule has 0 radical (unpaired) electrons. The van der Waals surface area contributed by atoms with Crippen molar-refractivity contribution in [3.63, 3.8) is 0 Å². The zero-order valence-corrected chi connectivity index (χ0v) is 13.9. The third-order valence-corrected chi connectivity index (χ3v) is 4.88. The van der Waals surface area contributed by atoms with E-state index in [0.29, 0.717) is 5.02 Å². The van der Waals surface area contributed by atoms with Crippen molar-refractivity contribution in [2.24, 2.45) is 4.99 Å². The van der Waals surface area contributed by atoms with Crippen LogP contribution in [0.15, 0.2) is 11.1 Å². The molecular weight excluding hydrogens is 286 g/mol. The molecule has 1 aromatic carbocycles. The zero-order valence-electron chi connectivity index (χ0n) is 13.1. The molecule has 1 aliphatic rings. The minimum absolute atomic E-state index is 0.287. The highest BCUT2D eigenvalue weighted by Crippen LogP contribution is 2.50. The summed E-state index contributed by atoms with van der Waals surface area (Å²) in [5.41, 5.74) is 2.47. The number of hydrogen-bond acceptors (Lipinski definition) is 3. The molecule has 0 unspecified atom stereocenters. The van der Waals surface area contributed by atoms with Crippen LogP contribution in [-0.4, -0.2) is 13.2 Å². The van der Waals surface area contributed by atoms with E-state index in [2.05, 4.69) is 18.8 Å². The van der Waals surface area contributed by atoms with E-state index in [-0.39, 0.29) is 5.92 Å². The highest BCUT2D eigenvalue weighted by Gasteiger charge is 2.40. The molecule has 0 aliphatic heterocycles. The van der Waals surface area contributed by atoms with Gasteiger partial charge in [-0.25, -0.2) is 4.79 Å². The van der Waals surface area contributed by atoms with Crippen LogP contribution >= 0.6 is 11.6 Å². The Bertz CT molecular complexity index is 583. The summed E-state index contributed by atoms with van der Waals surface area (Å²) in [6.45, 7) is 6.19. The Kier molecular flexibility index (Phi) is 4.75. The number of rotatable bonds is 4. The van der Waals surface area contributed by atoms with Crippen LogP contribution in [0.2, 0.25) is 5.02 Å². The highest BCUT2D eigenvalue weighted by molar-refractivity contribution is 6.31. The molecule has 1 aromatic rings. The van der Waals surface area contributed by atoms with Gasteiger partial charge in [-0.1, -0.05) is 38.3 Å². The number of methoxy groups -OCH3 is 1. The summed E-state index contributed by atoms with van der Waals surface area (Å²) in [5, 5.41) is 0.710. The van der Waals surface area contributed by atoms with E-state index in [0.717, 1.165) is 48.1 Å². The molecule has 4 heteroatoms. The van der Waals surface area contributed by atoms with E-state index in [1.165, 1.54) is 0 Å². The second kappa shape index (κ2) is 6.21. The van der Waals surface area contributed by atoms with Crippen molar-refractivity contribution in [3.05, 3.63) is 27.8 Å². The molecule has 3 nitrogen and oxygen atoms in total. The van der Waals surface area contributed by atoms with Crippen molar-refractivity contribution >= 4 is 17.7 Å². The summed E-state index contributed by atoms with van der Waals surface area (Å²) in [6.07, 6.45) is 5.57. The molecule has 0 spiro atoms. The maximum Gasteiger partial charge on any atom is 0.235 e. The number of nitrogens with zero attached hydrogens (tertiary/aromatic N) is 1. The minimum Gasteiger partial charge on any atom is -0.496 e. The first kappa shape index (κ1) is 16.1. The van der Waals surface area contributed by atoms with Crippen molar-refractivity contribution in [1.82, 2.24) is 0 Å². The highest BCUT2D eigenvalue weighted by atomic mass is 35.5. The standard InChI is InChI=1S/C17H22ClNO2/c1-11(2)13-9-14(18)12(3)15(16(13)21-4)17(19-10-20)7-5-6-8-17/h9,11H,5-8H2,1-4H3. The summed E-state index contributed by atoms with van der Waals surface area (Å²) in [7, 11) is 1.67. The fourth-order valence-electron chi connectivity index (χ4n) is 3.42. The summed E-state index contributed by atoms with van der Waals surface area (Å²) < 4.78 is 5.71. The van der Waals surface area contributed by atoms with E-state index >= 15 is 0 Å². The van der Waals surface area contributed by atoms with Crippen molar-refractivity contribution in [1.29, 1.82) is 0 Å². The Hall–Kier alpha value is -1.31. The first-order valence-corrected chi connectivity index (χ1v) is 7.81. The van der Waals surface area contributed by atoms with Gasteiger partial charge in [0, 0.05) is 10.6 Å². The van der Waals surface area contributed by atoms with Gasteiger partial charge in [-0.05, 0) is 42.9 Å². The normalized spacial score (nSPS) is 16.9. The van der Waals surface area contributed by atoms with Crippen LogP contribution in [0.4, 0.5) is 0 Å². The molecule has 1 saturated carbocycles. The predicted molar refractivity (Wildman–Crippen MR) is 85.1 cm³/mol. The van der Waals surface area contributed by atoms with Gasteiger partial charge < -0.3 is 4.74 Å². The monoisotopic (exact) mass is 307 g/mol. The van der Waals surface area contributed by atoms with Crippen molar-refractivity contribution in [2.75, 3.05) is 7.11 Å². The van der Waals surface area contributed by atoms with Gasteiger partial charge in [0.25, 0.3) is 0 Å². The van der Waals surface area contributed by atoms with Crippen LogP contribution < -0.4 is 4.74 Å². The van der Waals surface area contributed by atoms with Crippen LogP contribution in [-0.2, 0) is 10.3 Å². The summed E-state index contributed by atoms with van der Waals surface area (Å²) in [6, 6.07) is 1.97. The molecule has 1 fully saturated rings. The van der Waals surface area contributed by atoms with Gasteiger partial charge >= 0.3 is 0 Å². The smallest absolute Gasteiger partial charge is 0.235 e. The quantitative estimate of drug-likeness (QED) is 0.587. The summed E-state index contributed by atoms with van der Waals surface area (Å²) in [4.78, 5) is 15.2. The number of isocyanates is 1. The SMILES string of the molecule is COc1c(C(C)C)cc(Cl)c(C)c1C1(N=C=O)CCCC1. The van der Waals surface area contributed by atoms with E-state index in [1.54, 1.807) is 13.2 Å². The summed E-state index contributed by atoms with van der Waals surface area (Å²) >= 11 is 6.44. The van der Waals surface area contributed by atoms with E-state index in [4.69, 9.17) is 16.3 Å². The first-order chi connectivity index (χ1) is 9.96. The van der Waals surface area contributed by atoms with Gasteiger partial charge in [0.2, 0.25) is 6.08 Å². The lowest BCUT2D eigenvalue weighted by atomic mass is 9.82. The molecule has 0 bridgehead atoms. The van der Waals surface area contributed by atoms with Crippen LogP contribution in [0.1, 0.15) is 62.1 Å². The molecule has 0 amide bonds. The molecular formula is C17H22ClNO2. The number of aliphatic imine (C=N–C) groups is 1. The van der Waals surface area contributed by atoms with Crippen molar-refractivity contribution in [3.8, 4) is 5.75 Å². The maximum atomic E-state index is 11.0. The average Bonchev–Trinajstić information content (AvgIpc) is 2.90. The minimum atomic E-state index is -0.522. The van der Waals surface area contributed by atoms with Crippen LogP contribution in [0, 0.1) is 6.92 Å². The molecule has 0 aromatic heterocycles. The van der Waals surface area contributed by atoms with Crippen molar-refractivity contribution in [2.45, 2.75) is 57.9 Å². The van der Waals surface area contributed by atoms with E-state index < -0.39 is 5.54 Å². The van der Waals surface area contributed by atoms with Gasteiger partial charge in [0.05, 0.1) is 7.11 Å².